The van der Waals surface area contributed by atoms with Crippen LogP contribution >= 0.6 is 15.9 Å². The molecule has 0 amide bonds. The average molecular weight is 319 g/mol. The molecule has 0 fully saturated rings. The minimum atomic E-state index is -0.480. The summed E-state index contributed by atoms with van der Waals surface area (Å²) in [5, 5.41) is 11.0. The van der Waals surface area contributed by atoms with Gasteiger partial charge in [0.25, 0.3) is 5.69 Å². The van der Waals surface area contributed by atoms with Crippen molar-refractivity contribution in [1.29, 1.82) is 0 Å². The second-order valence-corrected chi connectivity index (χ2v) is 4.81. The lowest BCUT2D eigenvalue weighted by Gasteiger charge is -2.08. The van der Waals surface area contributed by atoms with Gasteiger partial charge in [0.15, 0.2) is 0 Å². The number of anilines is 1. The Labute approximate surface area is 118 Å². The van der Waals surface area contributed by atoms with Crippen molar-refractivity contribution in [2.75, 3.05) is 5.73 Å². The first-order valence-electron chi connectivity index (χ1n) is 5.55. The monoisotopic (exact) mass is 318 g/mol. The molecule has 0 spiro atoms. The van der Waals surface area contributed by atoms with E-state index in [1.165, 1.54) is 6.07 Å². The number of nitrogen functional groups attached to an aromatic ring is 1. The van der Waals surface area contributed by atoms with Crippen LogP contribution in [0.4, 0.5) is 11.4 Å². The summed E-state index contributed by atoms with van der Waals surface area (Å²) in [5.74, 6) is 0. The zero-order chi connectivity index (χ0) is 13.8. The summed E-state index contributed by atoms with van der Waals surface area (Å²) in [6.45, 7) is 0. The van der Waals surface area contributed by atoms with E-state index < -0.39 is 4.92 Å². The Morgan fingerprint density at radius 3 is 2.53 bits per heavy atom. The van der Waals surface area contributed by atoms with Crippen molar-refractivity contribution in [2.45, 2.75) is 0 Å². The largest absolute Gasteiger partial charge is 0.393 e. The van der Waals surface area contributed by atoms with Gasteiger partial charge in [-0.1, -0.05) is 58.5 Å². The van der Waals surface area contributed by atoms with E-state index >= 15 is 0 Å². The zero-order valence-electron chi connectivity index (χ0n) is 9.92. The van der Waals surface area contributed by atoms with E-state index in [1.54, 1.807) is 6.07 Å². The van der Waals surface area contributed by atoms with Gasteiger partial charge in [-0.15, -0.1) is 0 Å². The fourth-order valence-electron chi connectivity index (χ4n) is 1.74. The first-order valence-corrected chi connectivity index (χ1v) is 6.34. The van der Waals surface area contributed by atoms with Crippen molar-refractivity contribution in [3.8, 4) is 0 Å². The van der Waals surface area contributed by atoms with E-state index in [0.29, 0.717) is 10.0 Å². The second kappa shape index (κ2) is 5.67. The third-order valence-electron chi connectivity index (χ3n) is 2.63. The SMILES string of the molecule is Nc1c(C2=C/C=C\C=C/C=C\2)cc(Br)cc1[N+](=O)[O-]. The molecule has 2 rings (SSSR count). The summed E-state index contributed by atoms with van der Waals surface area (Å²) in [6, 6.07) is 3.18. The molecule has 0 atom stereocenters. The van der Waals surface area contributed by atoms with Gasteiger partial charge in [0, 0.05) is 16.1 Å². The quantitative estimate of drug-likeness (QED) is 0.509. The van der Waals surface area contributed by atoms with Crippen LogP contribution in [-0.2, 0) is 0 Å². The Hall–Kier alpha value is -2.14. The van der Waals surface area contributed by atoms with E-state index in [2.05, 4.69) is 15.9 Å². The van der Waals surface area contributed by atoms with E-state index in [-0.39, 0.29) is 11.4 Å². The van der Waals surface area contributed by atoms with Crippen LogP contribution < -0.4 is 5.73 Å². The number of benzene rings is 1. The topological polar surface area (TPSA) is 69.2 Å². The van der Waals surface area contributed by atoms with Gasteiger partial charge in [0.1, 0.15) is 5.69 Å². The first kappa shape index (κ1) is 13.3. The fraction of sp³-hybridized carbons (Fsp3) is 0. The van der Waals surface area contributed by atoms with Crippen LogP contribution in [0.25, 0.3) is 5.57 Å². The maximum Gasteiger partial charge on any atom is 0.293 e. The van der Waals surface area contributed by atoms with Crippen molar-refractivity contribution in [2.24, 2.45) is 0 Å². The number of allylic oxidation sites excluding steroid dienone is 8. The van der Waals surface area contributed by atoms with Crippen molar-refractivity contribution in [1.82, 2.24) is 0 Å². The molecule has 2 N–H and O–H groups in total. The maximum absolute atomic E-state index is 11.0. The number of hydrogen-bond acceptors (Lipinski definition) is 3. The Bertz CT molecular complexity index is 643. The summed E-state index contributed by atoms with van der Waals surface area (Å²) in [4.78, 5) is 10.5. The normalized spacial score (nSPS) is 21.6. The minimum absolute atomic E-state index is 0.0970. The van der Waals surface area contributed by atoms with Gasteiger partial charge in [-0.2, -0.15) is 0 Å². The predicted molar refractivity (Wildman–Crippen MR) is 80.6 cm³/mol. The third-order valence-corrected chi connectivity index (χ3v) is 3.08. The van der Waals surface area contributed by atoms with Gasteiger partial charge in [-0.3, -0.25) is 10.1 Å². The van der Waals surface area contributed by atoms with Gasteiger partial charge < -0.3 is 5.73 Å². The number of rotatable bonds is 2. The molecule has 0 aliphatic heterocycles. The number of hydrogen-bond donors (Lipinski definition) is 1. The molecule has 19 heavy (non-hydrogen) atoms. The van der Waals surface area contributed by atoms with Crippen LogP contribution in [0, 0.1) is 10.1 Å². The van der Waals surface area contributed by atoms with Crippen molar-refractivity contribution in [3.05, 3.63) is 74.8 Å². The molecule has 0 heterocycles. The third kappa shape index (κ3) is 3.00. The van der Waals surface area contributed by atoms with Crippen molar-refractivity contribution in [3.63, 3.8) is 0 Å². The smallest absolute Gasteiger partial charge is 0.293 e. The molecule has 1 aromatic carbocycles. The molecule has 0 saturated carbocycles. The van der Waals surface area contributed by atoms with Gasteiger partial charge in [-0.05, 0) is 11.6 Å². The summed E-state index contributed by atoms with van der Waals surface area (Å²) in [6.07, 6.45) is 13.1. The lowest BCUT2D eigenvalue weighted by Crippen LogP contribution is -2.00. The number of halogens is 1. The first-order chi connectivity index (χ1) is 9.09. The van der Waals surface area contributed by atoms with Crippen LogP contribution in [0.15, 0.2) is 59.1 Å². The highest BCUT2D eigenvalue weighted by Gasteiger charge is 2.17. The van der Waals surface area contributed by atoms with E-state index in [1.807, 2.05) is 42.5 Å². The molecule has 96 valence electrons. The summed E-state index contributed by atoms with van der Waals surface area (Å²) < 4.78 is 0.624. The molecule has 0 radical (unpaired) electrons. The molecule has 1 aliphatic carbocycles. The minimum Gasteiger partial charge on any atom is -0.393 e. The summed E-state index contributed by atoms with van der Waals surface area (Å²) in [5.41, 5.74) is 7.42. The molecule has 0 unspecified atom stereocenters. The van der Waals surface area contributed by atoms with Gasteiger partial charge in [0.05, 0.1) is 4.92 Å². The van der Waals surface area contributed by atoms with Gasteiger partial charge in [0.2, 0.25) is 0 Å². The number of nitro groups is 1. The Morgan fingerprint density at radius 2 is 1.79 bits per heavy atom. The van der Waals surface area contributed by atoms with Crippen molar-refractivity contribution >= 4 is 32.9 Å². The average Bonchev–Trinajstić information content (AvgIpc) is 2.31. The summed E-state index contributed by atoms with van der Waals surface area (Å²) >= 11 is 3.27. The molecule has 1 aromatic rings. The van der Waals surface area contributed by atoms with Gasteiger partial charge >= 0.3 is 0 Å². The van der Waals surface area contributed by atoms with Crippen LogP contribution in [0.2, 0.25) is 0 Å². The second-order valence-electron chi connectivity index (χ2n) is 3.89. The van der Waals surface area contributed by atoms with Crippen LogP contribution in [-0.4, -0.2) is 4.92 Å². The number of nitrogens with two attached hydrogens (primary N) is 1. The molecule has 4 nitrogen and oxygen atoms in total. The number of nitro benzene ring substituents is 1. The molecular formula is C14H11BrN2O2. The maximum atomic E-state index is 11.0. The van der Waals surface area contributed by atoms with E-state index in [0.717, 1.165) is 5.57 Å². The fourth-order valence-corrected chi connectivity index (χ4v) is 2.19. The lowest BCUT2D eigenvalue weighted by atomic mass is 10.0. The van der Waals surface area contributed by atoms with Gasteiger partial charge in [-0.25, -0.2) is 0 Å². The molecular weight excluding hydrogens is 308 g/mol. The molecule has 1 aliphatic rings. The number of nitrogens with zero attached hydrogens (tertiary/aromatic N) is 1. The Kier molecular flexibility index (Phi) is 3.97. The van der Waals surface area contributed by atoms with Crippen LogP contribution in [0.3, 0.4) is 0 Å². The van der Waals surface area contributed by atoms with E-state index in [4.69, 9.17) is 5.73 Å². The van der Waals surface area contributed by atoms with Crippen LogP contribution in [0.1, 0.15) is 5.56 Å². The van der Waals surface area contributed by atoms with Crippen LogP contribution in [0.5, 0.6) is 0 Å². The highest BCUT2D eigenvalue weighted by molar-refractivity contribution is 9.10. The van der Waals surface area contributed by atoms with Crippen molar-refractivity contribution < 1.29 is 4.92 Å². The molecule has 0 saturated heterocycles. The Morgan fingerprint density at radius 1 is 1.11 bits per heavy atom. The molecule has 5 heteroatoms. The van der Waals surface area contributed by atoms with E-state index in [9.17, 15) is 10.1 Å². The standard InChI is InChI=1S/C14H11BrN2O2/c15-11-8-12(14(16)13(9-11)17(18)19)10-6-4-2-1-3-5-7-10/h1-9H,16H2/b2-1-,3-1?,4-2?,5-3-,6-4-,7-5?,10-6?,10-7+. The molecule has 0 aromatic heterocycles. The molecule has 0 bridgehead atoms. The zero-order valence-corrected chi connectivity index (χ0v) is 11.5. The summed E-state index contributed by atoms with van der Waals surface area (Å²) in [7, 11) is 0. The predicted octanol–water partition coefficient (Wildman–Crippen LogP) is 4.01. The highest BCUT2D eigenvalue weighted by atomic mass is 79.9. The lowest BCUT2D eigenvalue weighted by molar-refractivity contribution is -0.384. The highest BCUT2D eigenvalue weighted by Crippen LogP contribution is 2.34. The Balaban J connectivity index is 2.59.